The topological polar surface area (TPSA) is 0 Å². The average molecular weight is 375 g/mol. The predicted molar refractivity (Wildman–Crippen MR) is 108 cm³/mol. The Kier molecular flexibility index (Phi) is 6.19. The van der Waals surface area contributed by atoms with E-state index in [1.807, 2.05) is 6.07 Å². The summed E-state index contributed by atoms with van der Waals surface area (Å²) in [5, 5.41) is 0. The number of rotatable bonds is 4. The van der Waals surface area contributed by atoms with Crippen molar-refractivity contribution in [1.29, 1.82) is 0 Å². The molecule has 0 bridgehead atoms. The molecule has 1 aromatic carbocycles. The number of hydrogen-bond acceptors (Lipinski definition) is 0. The van der Waals surface area contributed by atoms with Crippen LogP contribution < -0.4 is 0 Å². The molecule has 1 aromatic rings. The van der Waals surface area contributed by atoms with Crippen LogP contribution in [0, 0.1) is 41.2 Å². The van der Waals surface area contributed by atoms with Crippen LogP contribution in [0.3, 0.4) is 0 Å². The lowest BCUT2D eigenvalue weighted by molar-refractivity contribution is 0.0711. The summed E-state index contributed by atoms with van der Waals surface area (Å²) in [6.07, 6.45) is 16.5. The molecule has 0 heterocycles. The molecule has 0 amide bonds. The first-order valence-electron chi connectivity index (χ1n) is 11.6. The van der Waals surface area contributed by atoms with Crippen LogP contribution in [0.2, 0.25) is 0 Å². The van der Waals surface area contributed by atoms with Gasteiger partial charge in [0, 0.05) is 0 Å². The number of halogens is 2. The molecular formula is C25H36F2. The summed E-state index contributed by atoms with van der Waals surface area (Å²) in [5.41, 5.74) is 1.02. The fraction of sp³-hybridized carbons (Fsp3) is 0.760. The van der Waals surface area contributed by atoms with E-state index in [2.05, 4.69) is 6.92 Å². The molecule has 4 rings (SSSR count). The zero-order valence-electron chi connectivity index (χ0n) is 16.9. The molecule has 4 atom stereocenters. The van der Waals surface area contributed by atoms with Gasteiger partial charge in [0.05, 0.1) is 0 Å². The first kappa shape index (κ1) is 19.4. The highest BCUT2D eigenvalue weighted by Gasteiger charge is 2.39. The minimum absolute atomic E-state index is 0.433. The van der Waals surface area contributed by atoms with Crippen molar-refractivity contribution >= 4 is 0 Å². The largest absolute Gasteiger partial charge is 0.204 e. The Labute approximate surface area is 164 Å². The molecule has 0 aromatic heterocycles. The van der Waals surface area contributed by atoms with Crippen molar-refractivity contribution in [3.05, 3.63) is 35.4 Å². The third-order valence-corrected chi connectivity index (χ3v) is 8.32. The van der Waals surface area contributed by atoms with Crippen molar-refractivity contribution < 1.29 is 8.78 Å². The lowest BCUT2D eigenvalue weighted by Gasteiger charge is -2.45. The van der Waals surface area contributed by atoms with Crippen LogP contribution in [-0.2, 0) is 0 Å². The van der Waals surface area contributed by atoms with Crippen LogP contribution in [0.15, 0.2) is 18.2 Å². The highest BCUT2D eigenvalue weighted by molar-refractivity contribution is 5.22. The van der Waals surface area contributed by atoms with Crippen molar-refractivity contribution in [1.82, 2.24) is 0 Å². The Morgan fingerprint density at radius 3 is 2.07 bits per heavy atom. The second-order valence-electron chi connectivity index (χ2n) is 9.85. The van der Waals surface area contributed by atoms with Gasteiger partial charge in [0.2, 0.25) is 0 Å². The Bertz CT molecular complexity index is 617. The van der Waals surface area contributed by atoms with Gasteiger partial charge in [-0.2, -0.15) is 0 Å². The van der Waals surface area contributed by atoms with Crippen LogP contribution in [0.25, 0.3) is 0 Å². The Hall–Kier alpha value is -0.920. The van der Waals surface area contributed by atoms with E-state index in [0.717, 1.165) is 41.6 Å². The molecule has 0 saturated heterocycles. The highest BCUT2D eigenvalue weighted by Crippen LogP contribution is 2.51. The summed E-state index contributed by atoms with van der Waals surface area (Å²) in [4.78, 5) is 0. The highest BCUT2D eigenvalue weighted by atomic mass is 19.2. The first-order valence-corrected chi connectivity index (χ1v) is 11.6. The minimum Gasteiger partial charge on any atom is -0.204 e. The molecule has 0 unspecified atom stereocenters. The van der Waals surface area contributed by atoms with Crippen molar-refractivity contribution in [3.8, 4) is 0 Å². The fourth-order valence-corrected chi connectivity index (χ4v) is 6.78. The first-order chi connectivity index (χ1) is 13.1. The maximum absolute atomic E-state index is 13.6. The zero-order valence-corrected chi connectivity index (χ0v) is 16.9. The van der Waals surface area contributed by atoms with E-state index in [1.165, 1.54) is 82.8 Å². The van der Waals surface area contributed by atoms with Gasteiger partial charge in [0.25, 0.3) is 0 Å². The van der Waals surface area contributed by atoms with Crippen molar-refractivity contribution in [2.75, 3.05) is 0 Å². The summed E-state index contributed by atoms with van der Waals surface area (Å²) in [6, 6.07) is 4.56. The second-order valence-corrected chi connectivity index (χ2v) is 9.85. The lowest BCUT2D eigenvalue weighted by Crippen LogP contribution is -2.34. The third-order valence-electron chi connectivity index (χ3n) is 8.32. The molecule has 0 spiro atoms. The fourth-order valence-electron chi connectivity index (χ4n) is 6.78. The third kappa shape index (κ3) is 4.40. The standard InChI is InChI=1S/C25H36F2/c1-2-3-17-4-6-18(7-5-17)19-8-9-21-15-22(11-10-20(21)14-19)23-12-13-24(26)25(27)16-23/h12-13,16-22H,2-11,14-15H2,1H3/t17-,18-,19-,20-,21-,22-/m1/s1. The molecule has 0 radical (unpaired) electrons. The van der Waals surface area contributed by atoms with Gasteiger partial charge in [-0.05, 0) is 105 Å². The summed E-state index contributed by atoms with van der Waals surface area (Å²) in [6.45, 7) is 2.32. The van der Waals surface area contributed by atoms with Crippen molar-refractivity contribution in [2.24, 2.45) is 29.6 Å². The van der Waals surface area contributed by atoms with Gasteiger partial charge in [-0.25, -0.2) is 8.78 Å². The predicted octanol–water partition coefficient (Wildman–Crippen LogP) is 7.87. The monoisotopic (exact) mass is 374 g/mol. The van der Waals surface area contributed by atoms with Crippen LogP contribution in [0.1, 0.15) is 95.5 Å². The van der Waals surface area contributed by atoms with E-state index in [-0.39, 0.29) is 0 Å². The van der Waals surface area contributed by atoms with E-state index >= 15 is 0 Å². The Balaban J connectivity index is 1.31. The maximum atomic E-state index is 13.6. The molecule has 3 aliphatic carbocycles. The molecular weight excluding hydrogens is 338 g/mol. The summed E-state index contributed by atoms with van der Waals surface area (Å²) in [5.74, 6) is 3.69. The molecule has 3 saturated carbocycles. The quantitative estimate of drug-likeness (QED) is 0.503. The summed E-state index contributed by atoms with van der Waals surface area (Å²) >= 11 is 0. The van der Waals surface area contributed by atoms with Crippen molar-refractivity contribution in [2.45, 2.75) is 89.9 Å². The molecule has 0 nitrogen and oxygen atoms in total. The van der Waals surface area contributed by atoms with Gasteiger partial charge in [-0.1, -0.05) is 38.7 Å². The van der Waals surface area contributed by atoms with E-state index < -0.39 is 11.6 Å². The van der Waals surface area contributed by atoms with Crippen LogP contribution >= 0.6 is 0 Å². The van der Waals surface area contributed by atoms with Gasteiger partial charge in [0.1, 0.15) is 0 Å². The number of fused-ring (bicyclic) bond motifs is 1. The molecule has 3 aliphatic rings. The number of hydrogen-bond donors (Lipinski definition) is 0. The van der Waals surface area contributed by atoms with Crippen molar-refractivity contribution in [3.63, 3.8) is 0 Å². The van der Waals surface area contributed by atoms with E-state index in [1.54, 1.807) is 0 Å². The van der Waals surface area contributed by atoms with Gasteiger partial charge in [0.15, 0.2) is 11.6 Å². The zero-order chi connectivity index (χ0) is 18.8. The molecule has 2 heteroatoms. The molecule has 3 fully saturated rings. The normalized spacial score (nSPS) is 37.0. The molecule has 27 heavy (non-hydrogen) atoms. The maximum Gasteiger partial charge on any atom is 0.159 e. The van der Waals surface area contributed by atoms with Gasteiger partial charge in [-0.15, -0.1) is 0 Å². The lowest BCUT2D eigenvalue weighted by atomic mass is 9.60. The Morgan fingerprint density at radius 2 is 1.37 bits per heavy atom. The molecule has 0 aliphatic heterocycles. The van der Waals surface area contributed by atoms with Gasteiger partial charge in [-0.3, -0.25) is 0 Å². The van der Waals surface area contributed by atoms with Gasteiger partial charge < -0.3 is 0 Å². The van der Waals surface area contributed by atoms with E-state index in [9.17, 15) is 8.78 Å². The van der Waals surface area contributed by atoms with Crippen LogP contribution in [-0.4, -0.2) is 0 Å². The average Bonchev–Trinajstić information content (AvgIpc) is 2.70. The van der Waals surface area contributed by atoms with Crippen LogP contribution in [0.5, 0.6) is 0 Å². The van der Waals surface area contributed by atoms with Gasteiger partial charge >= 0.3 is 0 Å². The SMILES string of the molecule is CCC[C@H]1CC[C@H]([C@@H]2CC[C@@H]3C[C@H](c4ccc(F)c(F)c4)CC[C@@H]3C2)CC1. The summed E-state index contributed by atoms with van der Waals surface area (Å²) in [7, 11) is 0. The smallest absolute Gasteiger partial charge is 0.159 e. The van der Waals surface area contributed by atoms with Crippen LogP contribution in [0.4, 0.5) is 8.78 Å². The summed E-state index contributed by atoms with van der Waals surface area (Å²) < 4.78 is 26.9. The Morgan fingerprint density at radius 1 is 0.741 bits per heavy atom. The van der Waals surface area contributed by atoms with E-state index in [4.69, 9.17) is 0 Å². The second kappa shape index (κ2) is 8.62. The molecule has 150 valence electrons. The number of benzene rings is 1. The molecule has 0 N–H and O–H groups in total. The minimum atomic E-state index is -0.721. The van der Waals surface area contributed by atoms with E-state index in [0.29, 0.717) is 5.92 Å².